The van der Waals surface area contributed by atoms with Crippen LogP contribution in [0, 0.1) is 0 Å². The number of hydrogen-bond acceptors (Lipinski definition) is 3. The van der Waals surface area contributed by atoms with Crippen molar-refractivity contribution in [2.75, 3.05) is 5.32 Å². The first kappa shape index (κ1) is 18.9. The van der Waals surface area contributed by atoms with E-state index in [9.17, 15) is 4.79 Å². The smallest absolute Gasteiger partial charge is 0.257 e. The van der Waals surface area contributed by atoms with E-state index in [0.717, 1.165) is 5.56 Å². The Kier molecular flexibility index (Phi) is 6.91. The van der Waals surface area contributed by atoms with Gasteiger partial charge in [-0.05, 0) is 55.9 Å². The lowest BCUT2D eigenvalue weighted by molar-refractivity contribution is 0.102. The molecule has 0 heterocycles. The second-order valence-corrected chi connectivity index (χ2v) is 6.37. The normalized spacial score (nSPS) is 10.7. The zero-order chi connectivity index (χ0) is 18.2. The minimum Gasteiger partial charge on any atom is -0.359 e. The molecule has 0 spiro atoms. The SMILES string of the molecule is CC(C)NC(=S)N/N=C\c1cccc(NC(=O)c2ccccc2Cl)c1. The van der Waals surface area contributed by atoms with Gasteiger partial charge in [0.2, 0.25) is 0 Å². The Hall–Kier alpha value is -2.44. The van der Waals surface area contributed by atoms with Crippen LogP contribution in [0.1, 0.15) is 29.8 Å². The maximum absolute atomic E-state index is 12.3. The third-order valence-electron chi connectivity index (χ3n) is 3.06. The molecule has 0 atom stereocenters. The molecule has 1 amide bonds. The number of hydrazone groups is 1. The summed E-state index contributed by atoms with van der Waals surface area (Å²) >= 11 is 11.1. The van der Waals surface area contributed by atoms with Crippen molar-refractivity contribution in [1.82, 2.24) is 10.7 Å². The van der Waals surface area contributed by atoms with Crippen LogP contribution < -0.4 is 16.1 Å². The van der Waals surface area contributed by atoms with Crippen molar-refractivity contribution in [3.8, 4) is 0 Å². The number of benzene rings is 2. The number of amides is 1. The van der Waals surface area contributed by atoms with Gasteiger partial charge in [-0.1, -0.05) is 35.9 Å². The second-order valence-electron chi connectivity index (χ2n) is 5.56. The topological polar surface area (TPSA) is 65.5 Å². The molecule has 3 N–H and O–H groups in total. The minimum absolute atomic E-state index is 0.235. The van der Waals surface area contributed by atoms with Crippen molar-refractivity contribution >= 4 is 46.7 Å². The molecule has 0 aliphatic heterocycles. The second kappa shape index (κ2) is 9.15. The number of halogens is 1. The van der Waals surface area contributed by atoms with Gasteiger partial charge >= 0.3 is 0 Å². The van der Waals surface area contributed by atoms with E-state index in [4.69, 9.17) is 23.8 Å². The highest BCUT2D eigenvalue weighted by atomic mass is 35.5. The van der Waals surface area contributed by atoms with Gasteiger partial charge in [0.15, 0.2) is 5.11 Å². The van der Waals surface area contributed by atoms with Crippen LogP contribution in [0.15, 0.2) is 53.6 Å². The van der Waals surface area contributed by atoms with Crippen molar-refractivity contribution in [2.45, 2.75) is 19.9 Å². The van der Waals surface area contributed by atoms with Gasteiger partial charge in [-0.15, -0.1) is 0 Å². The highest BCUT2D eigenvalue weighted by molar-refractivity contribution is 7.80. The molecular weight excluding hydrogens is 356 g/mol. The molecule has 2 aromatic rings. The van der Waals surface area contributed by atoms with Crippen molar-refractivity contribution in [3.63, 3.8) is 0 Å². The van der Waals surface area contributed by atoms with Gasteiger partial charge in [-0.2, -0.15) is 5.10 Å². The molecule has 25 heavy (non-hydrogen) atoms. The van der Waals surface area contributed by atoms with E-state index in [2.05, 4.69) is 21.2 Å². The van der Waals surface area contributed by atoms with Crippen molar-refractivity contribution in [2.24, 2.45) is 5.10 Å². The predicted octanol–water partition coefficient (Wildman–Crippen LogP) is 3.80. The number of anilines is 1. The average molecular weight is 375 g/mol. The summed E-state index contributed by atoms with van der Waals surface area (Å²) in [5, 5.41) is 10.8. The molecule has 0 saturated heterocycles. The van der Waals surface area contributed by atoms with Crippen LogP contribution in [0.3, 0.4) is 0 Å². The summed E-state index contributed by atoms with van der Waals surface area (Å²) in [4.78, 5) is 12.3. The van der Waals surface area contributed by atoms with Gasteiger partial charge in [-0.25, -0.2) is 0 Å². The third kappa shape index (κ3) is 6.17. The van der Waals surface area contributed by atoms with Gasteiger partial charge in [0.1, 0.15) is 0 Å². The number of carbonyl (C=O) groups is 1. The molecule has 130 valence electrons. The first-order chi connectivity index (χ1) is 12.0. The lowest BCUT2D eigenvalue weighted by atomic mass is 10.2. The number of nitrogens with zero attached hydrogens (tertiary/aromatic N) is 1. The number of thiocarbonyl (C=S) groups is 1. The molecule has 0 aromatic heterocycles. The van der Waals surface area contributed by atoms with Crippen LogP contribution in [0.2, 0.25) is 5.02 Å². The highest BCUT2D eigenvalue weighted by Crippen LogP contribution is 2.17. The summed E-state index contributed by atoms with van der Waals surface area (Å²) in [6, 6.07) is 14.4. The van der Waals surface area contributed by atoms with E-state index < -0.39 is 0 Å². The fourth-order valence-corrected chi connectivity index (χ4v) is 2.51. The van der Waals surface area contributed by atoms with Crippen molar-refractivity contribution < 1.29 is 4.79 Å². The largest absolute Gasteiger partial charge is 0.359 e. The van der Waals surface area contributed by atoms with Gasteiger partial charge in [0.05, 0.1) is 16.8 Å². The first-order valence-corrected chi connectivity index (χ1v) is 8.50. The molecule has 0 aliphatic carbocycles. The number of hydrogen-bond donors (Lipinski definition) is 3. The monoisotopic (exact) mass is 374 g/mol. The molecule has 0 aliphatic rings. The van der Waals surface area contributed by atoms with E-state index in [-0.39, 0.29) is 11.9 Å². The Bertz CT molecular complexity index is 792. The molecule has 0 bridgehead atoms. The molecule has 0 unspecified atom stereocenters. The van der Waals surface area contributed by atoms with Crippen LogP contribution in [0.5, 0.6) is 0 Å². The van der Waals surface area contributed by atoms with Crippen LogP contribution in [-0.2, 0) is 0 Å². The number of carbonyl (C=O) groups excluding carboxylic acids is 1. The third-order valence-corrected chi connectivity index (χ3v) is 3.60. The molecule has 0 radical (unpaired) electrons. The summed E-state index contributed by atoms with van der Waals surface area (Å²) in [6.45, 7) is 3.98. The summed E-state index contributed by atoms with van der Waals surface area (Å²) in [6.07, 6.45) is 1.62. The van der Waals surface area contributed by atoms with E-state index in [1.165, 1.54) is 0 Å². The Balaban J connectivity index is 2.00. The fraction of sp³-hybridized carbons (Fsp3) is 0.167. The molecule has 7 heteroatoms. The molecule has 0 fully saturated rings. The maximum Gasteiger partial charge on any atom is 0.257 e. The number of rotatable bonds is 5. The van der Waals surface area contributed by atoms with E-state index >= 15 is 0 Å². The lowest BCUT2D eigenvalue weighted by Crippen LogP contribution is -2.36. The standard InChI is InChI=1S/C18H19ClN4OS/c1-12(2)21-18(25)23-20-11-13-6-5-7-14(10-13)22-17(24)15-8-3-4-9-16(15)19/h3-12H,1-2H3,(H,22,24)(H2,21,23,25)/b20-11-. The minimum atomic E-state index is -0.264. The van der Waals surface area contributed by atoms with E-state index in [0.29, 0.717) is 21.4 Å². The molecule has 0 saturated carbocycles. The Morgan fingerprint density at radius 3 is 2.68 bits per heavy atom. The molecule has 5 nitrogen and oxygen atoms in total. The summed E-state index contributed by atoms with van der Waals surface area (Å²) < 4.78 is 0. The van der Waals surface area contributed by atoms with E-state index in [1.54, 1.807) is 42.6 Å². The maximum atomic E-state index is 12.3. The van der Waals surface area contributed by atoms with Crippen LogP contribution in [0.4, 0.5) is 5.69 Å². The Labute approximate surface area is 157 Å². The molecular formula is C18H19ClN4OS. The van der Waals surface area contributed by atoms with E-state index in [1.807, 2.05) is 26.0 Å². The van der Waals surface area contributed by atoms with Crippen LogP contribution >= 0.6 is 23.8 Å². The van der Waals surface area contributed by atoms with Gasteiger partial charge in [0.25, 0.3) is 5.91 Å². The van der Waals surface area contributed by atoms with Gasteiger partial charge in [0, 0.05) is 11.7 Å². The van der Waals surface area contributed by atoms with Crippen molar-refractivity contribution in [3.05, 3.63) is 64.7 Å². The van der Waals surface area contributed by atoms with Crippen molar-refractivity contribution in [1.29, 1.82) is 0 Å². The predicted molar refractivity (Wildman–Crippen MR) is 107 cm³/mol. The summed E-state index contributed by atoms with van der Waals surface area (Å²) in [5.41, 5.74) is 4.63. The summed E-state index contributed by atoms with van der Waals surface area (Å²) in [5.74, 6) is -0.264. The van der Waals surface area contributed by atoms with Crippen LogP contribution in [0.25, 0.3) is 0 Å². The fourth-order valence-electron chi connectivity index (χ4n) is 2.00. The molecule has 2 aromatic carbocycles. The van der Waals surface area contributed by atoms with Crippen LogP contribution in [-0.4, -0.2) is 23.3 Å². The summed E-state index contributed by atoms with van der Waals surface area (Å²) in [7, 11) is 0. The Morgan fingerprint density at radius 1 is 1.20 bits per heavy atom. The van der Waals surface area contributed by atoms with Gasteiger partial charge < -0.3 is 10.6 Å². The molecule has 2 rings (SSSR count). The first-order valence-electron chi connectivity index (χ1n) is 7.71. The average Bonchev–Trinajstić information content (AvgIpc) is 2.55. The zero-order valence-corrected chi connectivity index (χ0v) is 15.5. The zero-order valence-electron chi connectivity index (χ0n) is 13.9. The van der Waals surface area contributed by atoms with Gasteiger partial charge in [-0.3, -0.25) is 10.2 Å². The number of nitrogens with one attached hydrogen (secondary N) is 3. The quantitative estimate of drug-likeness (QED) is 0.423. The Morgan fingerprint density at radius 2 is 1.96 bits per heavy atom. The lowest BCUT2D eigenvalue weighted by Gasteiger charge is -2.09. The highest BCUT2D eigenvalue weighted by Gasteiger charge is 2.09.